The third-order valence-electron chi connectivity index (χ3n) is 7.63. The first-order chi connectivity index (χ1) is 13.9. The van der Waals surface area contributed by atoms with Crippen LogP contribution in [0.25, 0.3) is 0 Å². The molecule has 29 heavy (non-hydrogen) atoms. The summed E-state index contributed by atoms with van der Waals surface area (Å²) in [6.07, 6.45) is 4.04. The van der Waals surface area contributed by atoms with E-state index < -0.39 is 17.7 Å². The summed E-state index contributed by atoms with van der Waals surface area (Å²) in [4.78, 5) is 22.9. The molecule has 1 aliphatic carbocycles. The number of hydrogen-bond acceptors (Lipinski definition) is 6. The predicted octanol–water partition coefficient (Wildman–Crippen LogP) is 4.22. The van der Waals surface area contributed by atoms with E-state index in [9.17, 15) is 4.79 Å². The summed E-state index contributed by atoms with van der Waals surface area (Å²) in [7, 11) is 0. The molecular weight excluding hydrogens is 372 g/mol. The van der Waals surface area contributed by atoms with Gasteiger partial charge in [-0.25, -0.2) is 9.78 Å². The molecular formula is C23H30O6. The maximum Gasteiger partial charge on any atom is 0.201 e. The summed E-state index contributed by atoms with van der Waals surface area (Å²) in [5.74, 6) is 0.548. The molecule has 8 atom stereocenters. The van der Waals surface area contributed by atoms with Crippen molar-refractivity contribution >= 4 is 6.29 Å². The van der Waals surface area contributed by atoms with Crippen LogP contribution in [0.1, 0.15) is 62.4 Å². The maximum atomic E-state index is 10.9. The minimum Gasteiger partial charge on any atom is -0.348 e. The van der Waals surface area contributed by atoms with Gasteiger partial charge in [0, 0.05) is 23.8 Å². The van der Waals surface area contributed by atoms with Crippen LogP contribution in [-0.2, 0) is 30.6 Å². The van der Waals surface area contributed by atoms with Gasteiger partial charge in [0.05, 0.1) is 6.61 Å². The van der Waals surface area contributed by atoms with E-state index in [0.29, 0.717) is 24.0 Å². The van der Waals surface area contributed by atoms with E-state index in [-0.39, 0.29) is 18.1 Å². The van der Waals surface area contributed by atoms with E-state index in [1.54, 1.807) is 12.1 Å². The number of ether oxygens (including phenoxy) is 3. The Balaban J connectivity index is 1.38. The van der Waals surface area contributed by atoms with E-state index >= 15 is 0 Å². The third kappa shape index (κ3) is 3.08. The number of fused-ring (bicyclic) bond motifs is 2. The van der Waals surface area contributed by atoms with Crippen LogP contribution < -0.4 is 0 Å². The van der Waals surface area contributed by atoms with Crippen molar-refractivity contribution in [1.29, 1.82) is 0 Å². The van der Waals surface area contributed by atoms with Gasteiger partial charge in [0.15, 0.2) is 18.2 Å². The highest BCUT2D eigenvalue weighted by molar-refractivity contribution is 5.74. The van der Waals surface area contributed by atoms with Crippen molar-refractivity contribution in [2.75, 3.05) is 0 Å². The number of hydrogen-bond donors (Lipinski definition) is 0. The second-order valence-corrected chi connectivity index (χ2v) is 9.44. The summed E-state index contributed by atoms with van der Waals surface area (Å²) in [5, 5.41) is 0. The minimum atomic E-state index is -0.771. The second-order valence-electron chi connectivity index (χ2n) is 9.44. The van der Waals surface area contributed by atoms with Crippen LogP contribution in [0, 0.1) is 23.7 Å². The van der Waals surface area contributed by atoms with Crippen LogP contribution in [0.2, 0.25) is 0 Å². The first-order valence-electron chi connectivity index (χ1n) is 10.8. The van der Waals surface area contributed by atoms with E-state index in [4.69, 9.17) is 24.0 Å². The largest absolute Gasteiger partial charge is 0.348 e. The Morgan fingerprint density at radius 1 is 1.10 bits per heavy atom. The lowest BCUT2D eigenvalue weighted by atomic mass is 9.58. The lowest BCUT2D eigenvalue weighted by molar-refractivity contribution is -0.577. The first-order valence-corrected chi connectivity index (χ1v) is 10.8. The van der Waals surface area contributed by atoms with Crippen molar-refractivity contribution in [2.45, 2.75) is 77.0 Å². The van der Waals surface area contributed by atoms with Crippen molar-refractivity contribution in [3.05, 3.63) is 35.4 Å². The molecule has 4 heterocycles. The molecule has 5 fully saturated rings. The van der Waals surface area contributed by atoms with Crippen molar-refractivity contribution in [3.8, 4) is 0 Å². The van der Waals surface area contributed by atoms with Gasteiger partial charge in [-0.1, -0.05) is 38.1 Å². The Morgan fingerprint density at radius 2 is 1.90 bits per heavy atom. The van der Waals surface area contributed by atoms with E-state index in [1.165, 1.54) is 6.42 Å². The molecule has 0 radical (unpaired) electrons. The van der Waals surface area contributed by atoms with Crippen molar-refractivity contribution in [1.82, 2.24) is 0 Å². The van der Waals surface area contributed by atoms with E-state index in [2.05, 4.69) is 13.8 Å². The van der Waals surface area contributed by atoms with Crippen LogP contribution in [0.15, 0.2) is 24.3 Å². The number of carbonyl (C=O) groups is 1. The monoisotopic (exact) mass is 402 g/mol. The van der Waals surface area contributed by atoms with E-state index in [0.717, 1.165) is 31.1 Å². The highest BCUT2D eigenvalue weighted by Crippen LogP contribution is 2.60. The Labute approximate surface area is 171 Å². The lowest BCUT2D eigenvalue weighted by Gasteiger charge is -2.60. The van der Waals surface area contributed by atoms with Gasteiger partial charge in [0.1, 0.15) is 6.29 Å². The Bertz CT molecular complexity index is 765. The van der Waals surface area contributed by atoms with Gasteiger partial charge in [-0.05, 0) is 43.6 Å². The normalized spacial score (nSPS) is 46.0. The van der Waals surface area contributed by atoms with Gasteiger partial charge in [0.25, 0.3) is 0 Å². The Kier molecular flexibility index (Phi) is 4.83. The second kappa shape index (κ2) is 7.13. The summed E-state index contributed by atoms with van der Waals surface area (Å²) >= 11 is 0. The van der Waals surface area contributed by atoms with Gasteiger partial charge >= 0.3 is 0 Å². The molecule has 0 amide bonds. The molecule has 6 heteroatoms. The Hall–Kier alpha value is -1.31. The lowest BCUT2D eigenvalue weighted by Crippen LogP contribution is -2.70. The molecule has 1 aromatic rings. The predicted molar refractivity (Wildman–Crippen MR) is 103 cm³/mol. The summed E-state index contributed by atoms with van der Waals surface area (Å²) in [6.45, 7) is 6.86. The SMILES string of the molecule is C[C@H]1C(OCc2ccc(C=O)cc2)OC2OC3(C)CCC4[C@H](C)CCC1[C@@]24OO3. The molecule has 1 spiro atoms. The van der Waals surface area contributed by atoms with Crippen molar-refractivity contribution < 1.29 is 28.8 Å². The van der Waals surface area contributed by atoms with E-state index in [1.807, 2.05) is 19.1 Å². The molecule has 0 aromatic heterocycles. The summed E-state index contributed by atoms with van der Waals surface area (Å²) in [6, 6.07) is 7.44. The molecule has 1 aromatic carbocycles. The number of benzene rings is 1. The zero-order chi connectivity index (χ0) is 20.2. The molecule has 4 saturated heterocycles. The smallest absolute Gasteiger partial charge is 0.201 e. The minimum absolute atomic E-state index is 0.158. The molecule has 1 saturated carbocycles. The molecule has 5 unspecified atom stereocenters. The van der Waals surface area contributed by atoms with Crippen molar-refractivity contribution in [2.24, 2.45) is 23.7 Å². The van der Waals surface area contributed by atoms with Crippen LogP contribution in [0.3, 0.4) is 0 Å². The van der Waals surface area contributed by atoms with Crippen LogP contribution in [-0.4, -0.2) is 30.3 Å². The highest BCUT2D eigenvalue weighted by atomic mass is 17.3. The van der Waals surface area contributed by atoms with Crippen LogP contribution in [0.4, 0.5) is 0 Å². The van der Waals surface area contributed by atoms with Gasteiger partial charge in [-0.15, -0.1) is 0 Å². The zero-order valence-corrected chi connectivity index (χ0v) is 17.3. The average molecular weight is 402 g/mol. The standard InChI is InChI=1S/C23H30O6/c1-14-4-9-19-15(2)20(25-13-17-7-5-16(12-24)6-8-17)26-21-23(19)18(14)10-11-22(3,27-21)28-29-23/h5-8,12,14-15,18-21H,4,9-11,13H2,1-3H3/t14-,15-,18?,19?,20?,21?,22?,23-/m1/s1. The summed E-state index contributed by atoms with van der Waals surface area (Å²) in [5.41, 5.74) is 1.11. The number of aldehydes is 1. The van der Waals surface area contributed by atoms with Gasteiger partial charge in [-0.2, -0.15) is 0 Å². The zero-order valence-electron chi connectivity index (χ0n) is 17.3. The quantitative estimate of drug-likeness (QED) is 0.555. The topological polar surface area (TPSA) is 63.2 Å². The van der Waals surface area contributed by atoms with Crippen molar-refractivity contribution in [3.63, 3.8) is 0 Å². The molecule has 6 rings (SSSR count). The number of rotatable bonds is 4. The molecule has 0 N–H and O–H groups in total. The number of carbonyl (C=O) groups excluding carboxylic acids is 1. The van der Waals surface area contributed by atoms with Gasteiger partial charge in [-0.3, -0.25) is 4.79 Å². The average Bonchev–Trinajstić information content (AvgIpc) is 2.96. The molecule has 5 aliphatic rings. The van der Waals surface area contributed by atoms with Crippen LogP contribution in [0.5, 0.6) is 0 Å². The molecule has 4 aliphatic heterocycles. The van der Waals surface area contributed by atoms with Gasteiger partial charge in [0.2, 0.25) is 5.79 Å². The Morgan fingerprint density at radius 3 is 2.66 bits per heavy atom. The molecule has 6 nitrogen and oxygen atoms in total. The molecule has 2 bridgehead atoms. The highest BCUT2D eigenvalue weighted by Gasteiger charge is 2.69. The van der Waals surface area contributed by atoms with Crippen LogP contribution >= 0.6 is 0 Å². The third-order valence-corrected chi connectivity index (χ3v) is 7.63. The fourth-order valence-corrected chi connectivity index (χ4v) is 5.93. The first kappa shape index (κ1) is 19.6. The maximum absolute atomic E-state index is 10.9. The fraction of sp³-hybridized carbons (Fsp3) is 0.696. The summed E-state index contributed by atoms with van der Waals surface area (Å²) < 4.78 is 19.0. The molecule has 158 valence electrons. The van der Waals surface area contributed by atoms with Gasteiger partial charge < -0.3 is 14.2 Å². The fourth-order valence-electron chi connectivity index (χ4n) is 5.93.